The summed E-state index contributed by atoms with van der Waals surface area (Å²) in [5, 5.41) is 6.70. The summed E-state index contributed by atoms with van der Waals surface area (Å²) < 4.78 is 5.42. The largest absolute Gasteiger partial charge is 0.423 e. The van der Waals surface area contributed by atoms with Crippen LogP contribution in [0.4, 0.5) is 5.69 Å². The average molecular weight is 329 g/mol. The van der Waals surface area contributed by atoms with Gasteiger partial charge >= 0.3 is 5.63 Å². The smallest absolute Gasteiger partial charge is 0.336 e. The molecule has 0 aliphatic carbocycles. The predicted molar refractivity (Wildman–Crippen MR) is 103 cm³/mol. The molecule has 0 saturated carbocycles. The molecule has 0 saturated heterocycles. The molecular weight excluding hydrogens is 310 g/mol. The number of fused-ring (bicyclic) bond motifs is 3. The minimum absolute atomic E-state index is 0.319. The normalized spacial score (nSPS) is 11.1. The van der Waals surface area contributed by atoms with Gasteiger partial charge in [-0.15, -0.1) is 0 Å². The Kier molecular flexibility index (Phi) is 3.77. The fourth-order valence-electron chi connectivity index (χ4n) is 3.28. The Morgan fingerprint density at radius 1 is 0.960 bits per heavy atom. The highest BCUT2D eigenvalue weighted by Crippen LogP contribution is 2.28. The zero-order valence-corrected chi connectivity index (χ0v) is 14.3. The topological polar surface area (TPSA) is 42.2 Å². The zero-order valence-electron chi connectivity index (χ0n) is 14.3. The molecule has 0 radical (unpaired) electrons. The molecule has 0 bridgehead atoms. The molecule has 0 aliphatic heterocycles. The van der Waals surface area contributed by atoms with Gasteiger partial charge in [0.25, 0.3) is 0 Å². The maximum Gasteiger partial charge on any atom is 0.336 e. The lowest BCUT2D eigenvalue weighted by molar-refractivity contribution is 0.559. The summed E-state index contributed by atoms with van der Waals surface area (Å²) in [6.07, 6.45) is 0. The first-order chi connectivity index (χ1) is 12.1. The van der Waals surface area contributed by atoms with Crippen LogP contribution in [-0.2, 0) is 6.54 Å². The number of hydrogen-bond donors (Lipinski definition) is 1. The quantitative estimate of drug-likeness (QED) is 0.416. The summed E-state index contributed by atoms with van der Waals surface area (Å²) >= 11 is 0. The summed E-state index contributed by atoms with van der Waals surface area (Å²) in [4.78, 5) is 12.0. The zero-order chi connectivity index (χ0) is 17.4. The molecule has 4 aromatic rings. The van der Waals surface area contributed by atoms with E-state index in [0.717, 1.165) is 27.4 Å². The number of hydrogen-bond acceptors (Lipinski definition) is 3. The molecule has 0 unspecified atom stereocenters. The lowest BCUT2D eigenvalue weighted by Gasteiger charge is -2.13. The number of rotatable bonds is 3. The monoisotopic (exact) mass is 329 g/mol. The maximum absolute atomic E-state index is 12.0. The third kappa shape index (κ3) is 2.89. The van der Waals surface area contributed by atoms with E-state index < -0.39 is 0 Å². The van der Waals surface area contributed by atoms with Crippen molar-refractivity contribution >= 4 is 27.4 Å². The first kappa shape index (κ1) is 15.5. The van der Waals surface area contributed by atoms with Gasteiger partial charge < -0.3 is 9.73 Å². The third-order valence-electron chi connectivity index (χ3n) is 4.58. The van der Waals surface area contributed by atoms with E-state index in [4.69, 9.17) is 4.42 Å². The van der Waals surface area contributed by atoms with Gasteiger partial charge in [-0.2, -0.15) is 0 Å². The molecule has 3 nitrogen and oxygen atoms in total. The van der Waals surface area contributed by atoms with Gasteiger partial charge in [-0.05, 0) is 53.4 Å². The molecule has 3 heteroatoms. The van der Waals surface area contributed by atoms with Gasteiger partial charge in [0.1, 0.15) is 5.58 Å². The highest BCUT2D eigenvalue weighted by atomic mass is 16.4. The molecule has 0 amide bonds. The molecule has 1 aromatic heterocycles. The summed E-state index contributed by atoms with van der Waals surface area (Å²) in [6.45, 7) is 4.72. The Labute approximate surface area is 145 Å². The molecule has 3 aromatic carbocycles. The van der Waals surface area contributed by atoms with E-state index in [2.05, 4.69) is 49.5 Å². The van der Waals surface area contributed by atoms with Gasteiger partial charge in [-0.3, -0.25) is 0 Å². The second kappa shape index (κ2) is 6.10. The van der Waals surface area contributed by atoms with E-state index in [0.29, 0.717) is 12.1 Å². The van der Waals surface area contributed by atoms with Crippen molar-refractivity contribution in [3.8, 4) is 0 Å². The second-order valence-electron chi connectivity index (χ2n) is 6.42. The molecule has 0 fully saturated rings. The molecular formula is C22H19NO2. The standard InChI is InChI=1S/C22H19NO2/c1-14-7-8-15(2)19(11-14)23-13-17-12-21(24)25-20-10-9-16-5-3-4-6-18(16)22(17)20/h3-12,23H,13H2,1-2H3. The minimum atomic E-state index is -0.319. The predicted octanol–water partition coefficient (Wildman–Crippen LogP) is 5.18. The third-order valence-corrected chi connectivity index (χ3v) is 4.58. The molecule has 1 N–H and O–H groups in total. The highest BCUT2D eigenvalue weighted by molar-refractivity contribution is 6.07. The summed E-state index contributed by atoms with van der Waals surface area (Å²) in [5.41, 5.74) is 4.73. The van der Waals surface area contributed by atoms with E-state index in [1.165, 1.54) is 11.1 Å². The molecule has 25 heavy (non-hydrogen) atoms. The molecule has 0 spiro atoms. The number of anilines is 1. The van der Waals surface area contributed by atoms with Crippen molar-refractivity contribution in [3.05, 3.63) is 87.8 Å². The van der Waals surface area contributed by atoms with Crippen LogP contribution in [0.1, 0.15) is 16.7 Å². The number of benzene rings is 3. The van der Waals surface area contributed by atoms with Crippen LogP contribution < -0.4 is 10.9 Å². The Morgan fingerprint density at radius 3 is 2.68 bits per heavy atom. The Bertz CT molecular complexity index is 1140. The van der Waals surface area contributed by atoms with Crippen LogP contribution in [0.25, 0.3) is 21.7 Å². The van der Waals surface area contributed by atoms with E-state index in [-0.39, 0.29) is 5.63 Å². The molecule has 0 aliphatic rings. The van der Waals surface area contributed by atoms with Crippen molar-refractivity contribution in [2.75, 3.05) is 5.32 Å². The Balaban J connectivity index is 1.84. The fraction of sp³-hybridized carbons (Fsp3) is 0.136. The van der Waals surface area contributed by atoms with Crippen LogP contribution in [0.3, 0.4) is 0 Å². The Morgan fingerprint density at radius 2 is 1.80 bits per heavy atom. The molecule has 124 valence electrons. The first-order valence-electron chi connectivity index (χ1n) is 8.37. The van der Waals surface area contributed by atoms with Gasteiger partial charge in [0.2, 0.25) is 0 Å². The van der Waals surface area contributed by atoms with Crippen LogP contribution in [-0.4, -0.2) is 0 Å². The van der Waals surface area contributed by atoms with Gasteiger partial charge in [0.15, 0.2) is 0 Å². The van der Waals surface area contributed by atoms with Gasteiger partial charge in [-0.1, -0.05) is 42.5 Å². The molecule has 1 heterocycles. The first-order valence-corrected chi connectivity index (χ1v) is 8.37. The van der Waals surface area contributed by atoms with Crippen LogP contribution in [0.15, 0.2) is 69.9 Å². The van der Waals surface area contributed by atoms with Crippen LogP contribution in [0.5, 0.6) is 0 Å². The van der Waals surface area contributed by atoms with Crippen molar-refractivity contribution in [2.24, 2.45) is 0 Å². The maximum atomic E-state index is 12.0. The van der Waals surface area contributed by atoms with Crippen molar-refractivity contribution < 1.29 is 4.42 Å². The molecule has 0 atom stereocenters. The van der Waals surface area contributed by atoms with Crippen molar-refractivity contribution in [1.82, 2.24) is 0 Å². The van der Waals surface area contributed by atoms with Crippen LogP contribution >= 0.6 is 0 Å². The van der Waals surface area contributed by atoms with Crippen molar-refractivity contribution in [1.29, 1.82) is 0 Å². The van der Waals surface area contributed by atoms with Crippen molar-refractivity contribution in [2.45, 2.75) is 20.4 Å². The average Bonchev–Trinajstić information content (AvgIpc) is 2.61. The van der Waals surface area contributed by atoms with Gasteiger partial charge in [0, 0.05) is 23.7 Å². The van der Waals surface area contributed by atoms with Crippen LogP contribution in [0.2, 0.25) is 0 Å². The highest BCUT2D eigenvalue weighted by Gasteiger charge is 2.10. The van der Waals surface area contributed by atoms with Gasteiger partial charge in [0.05, 0.1) is 0 Å². The summed E-state index contributed by atoms with van der Waals surface area (Å²) in [6, 6.07) is 19.9. The number of nitrogens with one attached hydrogen (secondary N) is 1. The lowest BCUT2D eigenvalue weighted by atomic mass is 10.0. The lowest BCUT2D eigenvalue weighted by Crippen LogP contribution is -2.07. The number of aryl methyl sites for hydroxylation is 2. The van der Waals surface area contributed by atoms with E-state index >= 15 is 0 Å². The summed E-state index contributed by atoms with van der Waals surface area (Å²) in [7, 11) is 0. The molecule has 4 rings (SSSR count). The van der Waals surface area contributed by atoms with Crippen molar-refractivity contribution in [3.63, 3.8) is 0 Å². The van der Waals surface area contributed by atoms with Crippen LogP contribution in [0, 0.1) is 13.8 Å². The Hall–Kier alpha value is -3.07. The second-order valence-corrected chi connectivity index (χ2v) is 6.42. The van der Waals surface area contributed by atoms with E-state index in [1.54, 1.807) is 6.07 Å². The van der Waals surface area contributed by atoms with E-state index in [1.807, 2.05) is 24.3 Å². The van der Waals surface area contributed by atoms with Gasteiger partial charge in [-0.25, -0.2) is 4.79 Å². The fourth-order valence-corrected chi connectivity index (χ4v) is 3.28. The SMILES string of the molecule is Cc1ccc(C)c(NCc2cc(=O)oc3ccc4ccccc4c23)c1. The summed E-state index contributed by atoms with van der Waals surface area (Å²) in [5.74, 6) is 0. The minimum Gasteiger partial charge on any atom is -0.423 e. The van der Waals surface area contributed by atoms with E-state index in [9.17, 15) is 4.79 Å².